The minimum absolute atomic E-state index is 0.274. The van der Waals surface area contributed by atoms with Crippen molar-refractivity contribution in [2.75, 3.05) is 13.7 Å². The predicted molar refractivity (Wildman–Crippen MR) is 94.6 cm³/mol. The summed E-state index contributed by atoms with van der Waals surface area (Å²) in [5.74, 6) is -0.402. The standard InChI is InChI=1S/C19H22N2O4/c1-19(2,18(23)24)8-9-21-17(22)15-10-14(11-20-12-15)13-4-6-16(25-3)7-5-13/h4-7,10-12H,8-9H2,1-3H3,(H,21,22)(H,23,24). The van der Waals surface area contributed by atoms with Crippen LogP contribution in [0.2, 0.25) is 0 Å². The third-order valence-electron chi connectivity index (χ3n) is 4.04. The number of hydrogen-bond donors (Lipinski definition) is 2. The number of aromatic nitrogens is 1. The molecule has 6 nitrogen and oxygen atoms in total. The number of rotatable bonds is 7. The molecule has 0 aliphatic carbocycles. The Balaban J connectivity index is 2.04. The maximum atomic E-state index is 12.3. The molecule has 2 N–H and O–H groups in total. The summed E-state index contributed by atoms with van der Waals surface area (Å²) in [6, 6.07) is 9.23. The van der Waals surface area contributed by atoms with Gasteiger partial charge in [0.25, 0.3) is 5.91 Å². The normalized spacial score (nSPS) is 11.0. The van der Waals surface area contributed by atoms with Crippen molar-refractivity contribution in [2.24, 2.45) is 5.41 Å². The largest absolute Gasteiger partial charge is 0.497 e. The van der Waals surface area contributed by atoms with E-state index in [2.05, 4.69) is 10.3 Å². The number of aliphatic carboxylic acids is 1. The Labute approximate surface area is 146 Å². The molecular formula is C19H22N2O4. The minimum atomic E-state index is -0.884. The van der Waals surface area contributed by atoms with Crippen LogP contribution in [-0.4, -0.2) is 35.6 Å². The molecule has 1 heterocycles. The quantitative estimate of drug-likeness (QED) is 0.807. The molecular weight excluding hydrogens is 320 g/mol. The van der Waals surface area contributed by atoms with Gasteiger partial charge in [0.15, 0.2) is 0 Å². The summed E-state index contributed by atoms with van der Waals surface area (Å²) in [5, 5.41) is 11.8. The van der Waals surface area contributed by atoms with E-state index in [1.54, 1.807) is 33.2 Å². The van der Waals surface area contributed by atoms with Crippen LogP contribution in [0.15, 0.2) is 42.7 Å². The van der Waals surface area contributed by atoms with Crippen molar-refractivity contribution < 1.29 is 19.4 Å². The summed E-state index contributed by atoms with van der Waals surface area (Å²) in [5.41, 5.74) is 1.30. The Morgan fingerprint density at radius 1 is 1.16 bits per heavy atom. The Bertz CT molecular complexity index is 754. The van der Waals surface area contributed by atoms with Gasteiger partial charge in [-0.3, -0.25) is 14.6 Å². The Kier molecular flexibility index (Phi) is 5.75. The summed E-state index contributed by atoms with van der Waals surface area (Å²) in [6.45, 7) is 3.55. The lowest BCUT2D eigenvalue weighted by molar-refractivity contribution is -0.147. The lowest BCUT2D eigenvalue weighted by atomic mass is 9.90. The summed E-state index contributed by atoms with van der Waals surface area (Å²) in [7, 11) is 1.60. The Morgan fingerprint density at radius 2 is 1.84 bits per heavy atom. The molecule has 132 valence electrons. The summed E-state index contributed by atoms with van der Waals surface area (Å²) in [4.78, 5) is 27.5. The number of carbonyl (C=O) groups excluding carboxylic acids is 1. The zero-order valence-electron chi connectivity index (χ0n) is 14.6. The highest BCUT2D eigenvalue weighted by Crippen LogP contribution is 2.23. The van der Waals surface area contributed by atoms with Crippen LogP contribution in [0.4, 0.5) is 0 Å². The lowest BCUT2D eigenvalue weighted by Crippen LogP contribution is -2.32. The molecule has 0 saturated carbocycles. The van der Waals surface area contributed by atoms with Crippen molar-refractivity contribution in [1.29, 1.82) is 0 Å². The second-order valence-electron chi connectivity index (χ2n) is 6.39. The third-order valence-corrected chi connectivity index (χ3v) is 4.04. The van der Waals surface area contributed by atoms with E-state index in [0.717, 1.165) is 16.9 Å². The fourth-order valence-corrected chi connectivity index (χ4v) is 2.20. The molecule has 1 amide bonds. The van der Waals surface area contributed by atoms with Gasteiger partial charge < -0.3 is 15.2 Å². The van der Waals surface area contributed by atoms with Crippen LogP contribution in [0.3, 0.4) is 0 Å². The molecule has 0 saturated heterocycles. The second-order valence-corrected chi connectivity index (χ2v) is 6.39. The molecule has 2 rings (SSSR count). The monoisotopic (exact) mass is 342 g/mol. The molecule has 0 fully saturated rings. The maximum absolute atomic E-state index is 12.3. The molecule has 0 aliphatic rings. The second kappa shape index (κ2) is 7.79. The van der Waals surface area contributed by atoms with Gasteiger partial charge in [-0.05, 0) is 44.0 Å². The highest BCUT2D eigenvalue weighted by atomic mass is 16.5. The first-order valence-electron chi connectivity index (χ1n) is 7.94. The molecule has 25 heavy (non-hydrogen) atoms. The van der Waals surface area contributed by atoms with Crippen molar-refractivity contribution in [3.8, 4) is 16.9 Å². The predicted octanol–water partition coefficient (Wildman–Crippen LogP) is 2.99. The molecule has 0 radical (unpaired) electrons. The van der Waals surface area contributed by atoms with Crippen molar-refractivity contribution in [3.05, 3.63) is 48.3 Å². The molecule has 0 atom stereocenters. The van der Waals surface area contributed by atoms with E-state index >= 15 is 0 Å². The van der Waals surface area contributed by atoms with E-state index in [4.69, 9.17) is 9.84 Å². The van der Waals surface area contributed by atoms with Crippen molar-refractivity contribution >= 4 is 11.9 Å². The van der Waals surface area contributed by atoms with E-state index in [0.29, 0.717) is 12.0 Å². The fourth-order valence-electron chi connectivity index (χ4n) is 2.20. The number of methoxy groups -OCH3 is 1. The van der Waals surface area contributed by atoms with Crippen LogP contribution in [-0.2, 0) is 4.79 Å². The van der Waals surface area contributed by atoms with Crippen molar-refractivity contribution in [2.45, 2.75) is 20.3 Å². The smallest absolute Gasteiger partial charge is 0.309 e. The number of pyridine rings is 1. The van der Waals surface area contributed by atoms with Gasteiger partial charge in [-0.1, -0.05) is 12.1 Å². The first-order chi connectivity index (χ1) is 11.8. The minimum Gasteiger partial charge on any atom is -0.497 e. The van der Waals surface area contributed by atoms with Gasteiger partial charge in [0, 0.05) is 24.5 Å². The van der Waals surface area contributed by atoms with Gasteiger partial charge >= 0.3 is 5.97 Å². The van der Waals surface area contributed by atoms with Crippen LogP contribution >= 0.6 is 0 Å². The molecule has 0 bridgehead atoms. The van der Waals surface area contributed by atoms with Gasteiger partial charge in [0.1, 0.15) is 5.75 Å². The van der Waals surface area contributed by atoms with Crippen LogP contribution in [0, 0.1) is 5.41 Å². The molecule has 0 spiro atoms. The fraction of sp³-hybridized carbons (Fsp3) is 0.316. The first kappa shape index (κ1) is 18.4. The molecule has 0 aliphatic heterocycles. The molecule has 2 aromatic rings. The topological polar surface area (TPSA) is 88.5 Å². The van der Waals surface area contributed by atoms with Crippen LogP contribution in [0.1, 0.15) is 30.6 Å². The van der Waals surface area contributed by atoms with E-state index in [9.17, 15) is 9.59 Å². The third kappa shape index (κ3) is 4.79. The number of carboxylic acid groups (broad SMARTS) is 1. The number of hydrogen-bond acceptors (Lipinski definition) is 4. The molecule has 6 heteroatoms. The van der Waals surface area contributed by atoms with Crippen LogP contribution in [0.5, 0.6) is 5.75 Å². The summed E-state index contributed by atoms with van der Waals surface area (Å²) in [6.07, 6.45) is 3.52. The van der Waals surface area contributed by atoms with Crippen LogP contribution in [0.25, 0.3) is 11.1 Å². The number of ether oxygens (including phenoxy) is 1. The number of benzene rings is 1. The Hall–Kier alpha value is -2.89. The van der Waals surface area contributed by atoms with E-state index in [1.807, 2.05) is 24.3 Å². The Morgan fingerprint density at radius 3 is 2.44 bits per heavy atom. The van der Waals surface area contributed by atoms with E-state index in [-0.39, 0.29) is 12.5 Å². The molecule has 1 aromatic carbocycles. The zero-order chi connectivity index (χ0) is 18.4. The highest BCUT2D eigenvalue weighted by Gasteiger charge is 2.26. The maximum Gasteiger partial charge on any atom is 0.309 e. The summed E-state index contributed by atoms with van der Waals surface area (Å²) >= 11 is 0. The van der Waals surface area contributed by atoms with Crippen molar-refractivity contribution in [1.82, 2.24) is 10.3 Å². The number of carboxylic acids is 1. The van der Waals surface area contributed by atoms with Gasteiger partial charge in [-0.2, -0.15) is 0 Å². The molecule has 1 aromatic heterocycles. The summed E-state index contributed by atoms with van der Waals surface area (Å²) < 4.78 is 5.13. The average molecular weight is 342 g/mol. The lowest BCUT2D eigenvalue weighted by Gasteiger charge is -2.18. The van der Waals surface area contributed by atoms with Gasteiger partial charge in [-0.25, -0.2) is 0 Å². The highest BCUT2D eigenvalue weighted by molar-refractivity contribution is 5.95. The number of nitrogens with zero attached hydrogens (tertiary/aromatic N) is 1. The van der Waals surface area contributed by atoms with Crippen LogP contribution < -0.4 is 10.1 Å². The number of nitrogens with one attached hydrogen (secondary N) is 1. The average Bonchev–Trinajstić information content (AvgIpc) is 2.61. The van der Waals surface area contributed by atoms with E-state index < -0.39 is 11.4 Å². The number of carbonyl (C=O) groups is 2. The molecule has 0 unspecified atom stereocenters. The van der Waals surface area contributed by atoms with Crippen molar-refractivity contribution in [3.63, 3.8) is 0 Å². The van der Waals surface area contributed by atoms with E-state index in [1.165, 1.54) is 6.20 Å². The zero-order valence-corrected chi connectivity index (χ0v) is 14.6. The number of amides is 1. The SMILES string of the molecule is COc1ccc(-c2cncc(C(=O)NCCC(C)(C)C(=O)O)c2)cc1. The van der Waals surface area contributed by atoms with Gasteiger partial charge in [0.2, 0.25) is 0 Å². The first-order valence-corrected chi connectivity index (χ1v) is 7.94. The van der Waals surface area contributed by atoms with Gasteiger partial charge in [0.05, 0.1) is 18.1 Å². The van der Waals surface area contributed by atoms with Gasteiger partial charge in [-0.15, -0.1) is 0 Å².